The standard InChI is InChI=1S/C16H14BrClFN3OS.C15H12BrClFNO2.C8H5BrO2.C7H7ClFN.C4H8O.CH2Cl2.CH4N2S.BrH/c17-11-2-3-12(10(6-11)8-24-16(20)21)15(23)22-7-9-1-4-14(19)13(18)5-9;16-11-2-3-12(10(6-11)8-20)15(21)19-7-9-1-4-14(18)13(17)5-9;9-6-1-2-7-5(3-6)4-11-8(7)10;8-6-3-5(4-10)1-2-7(6)9;1-2-4-5-3-1;2-1-3;2-1(3)4;/h1-6H,7-8H2,(H3,20,21)(H,22,23);1-6,20H,7-8H2,(H,19,21);1-3H,4H2;1-3H,4,10H2;1-4H2;1H2;(H4,2,3,4);1H. The van der Waals surface area contributed by atoms with Gasteiger partial charge in [0.25, 0.3) is 11.8 Å². The number of cyclic esters (lactones) is 1. The summed E-state index contributed by atoms with van der Waals surface area (Å²) in [5, 5.41) is 22.4. The van der Waals surface area contributed by atoms with Crippen molar-refractivity contribution in [1.29, 1.82) is 5.41 Å². The highest BCUT2D eigenvalue weighted by Gasteiger charge is 2.20. The first kappa shape index (κ1) is 73.3. The van der Waals surface area contributed by atoms with E-state index in [0.29, 0.717) is 52.3 Å². The number of rotatable bonds is 10. The van der Waals surface area contributed by atoms with Gasteiger partial charge in [0.05, 0.1) is 32.6 Å². The van der Waals surface area contributed by atoms with E-state index in [1.807, 2.05) is 18.2 Å². The maximum Gasteiger partial charge on any atom is 0.338 e. The Labute approximate surface area is 526 Å². The maximum absolute atomic E-state index is 13.1. The van der Waals surface area contributed by atoms with Crippen LogP contribution in [0.1, 0.15) is 77.3 Å². The van der Waals surface area contributed by atoms with Gasteiger partial charge in [-0.3, -0.25) is 15.0 Å². The van der Waals surface area contributed by atoms with Crippen molar-refractivity contribution in [2.45, 2.75) is 51.4 Å². The molecule has 0 bridgehead atoms. The van der Waals surface area contributed by atoms with E-state index >= 15 is 0 Å². The van der Waals surface area contributed by atoms with Crippen LogP contribution in [0.15, 0.2) is 123 Å². The summed E-state index contributed by atoms with van der Waals surface area (Å²) in [4.78, 5) is 35.5. The van der Waals surface area contributed by atoms with Crippen molar-refractivity contribution in [3.05, 3.63) is 205 Å². The Hall–Kier alpha value is -3.72. The van der Waals surface area contributed by atoms with Crippen LogP contribution >= 0.6 is 147 Å². The molecule has 13 nitrogen and oxygen atoms in total. The predicted molar refractivity (Wildman–Crippen MR) is 333 cm³/mol. The minimum atomic E-state index is -0.498. The van der Waals surface area contributed by atoms with Crippen LogP contribution in [0.5, 0.6) is 0 Å². The second kappa shape index (κ2) is 40.5. The molecule has 6 aromatic rings. The number of fused-ring (bicyclic) bond motifs is 1. The van der Waals surface area contributed by atoms with Gasteiger partial charge >= 0.3 is 5.97 Å². The molecule has 0 saturated carbocycles. The first-order chi connectivity index (χ1) is 37.0. The molecule has 0 atom stereocenters. The van der Waals surface area contributed by atoms with Gasteiger partial charge in [-0.2, -0.15) is 0 Å². The van der Waals surface area contributed by atoms with E-state index in [1.165, 1.54) is 49.2 Å². The first-order valence-corrected chi connectivity index (χ1v) is 28.4. The molecule has 2 aliphatic heterocycles. The molecule has 0 unspecified atom stereocenters. The van der Waals surface area contributed by atoms with Crippen molar-refractivity contribution in [3.63, 3.8) is 0 Å². The van der Waals surface area contributed by atoms with Crippen LogP contribution in [0.25, 0.3) is 0 Å². The third-order valence-electron chi connectivity index (χ3n) is 9.74. The number of thioether (sulfide) groups is 1. The van der Waals surface area contributed by atoms with Crippen LogP contribution in [-0.2, 0) is 48.1 Å². The third kappa shape index (κ3) is 29.2. The van der Waals surface area contributed by atoms with Gasteiger partial charge < -0.3 is 48.1 Å². The fraction of sp³-hybridized carbons (Fsp3) is 0.212. The molecule has 12 N–H and O–H groups in total. The number of nitrogens with one attached hydrogen (secondary N) is 3. The normalized spacial score (nSPS) is 11.3. The smallest absolute Gasteiger partial charge is 0.338 e. The summed E-state index contributed by atoms with van der Waals surface area (Å²) < 4.78 is 51.0. The molecule has 0 radical (unpaired) electrons. The molecule has 0 aromatic heterocycles. The molecule has 1 fully saturated rings. The van der Waals surface area contributed by atoms with E-state index in [2.05, 4.69) is 82.1 Å². The van der Waals surface area contributed by atoms with Crippen molar-refractivity contribution < 1.29 is 42.1 Å². The molecule has 79 heavy (non-hydrogen) atoms. The number of hydrogen-bond donors (Lipinski definition) is 8. The summed E-state index contributed by atoms with van der Waals surface area (Å²) >= 11 is 41.6. The zero-order valence-corrected chi connectivity index (χ0v) is 53.2. The molecule has 27 heteroatoms. The van der Waals surface area contributed by atoms with E-state index in [9.17, 15) is 32.7 Å². The van der Waals surface area contributed by atoms with Gasteiger partial charge in [0.2, 0.25) is 0 Å². The fourth-order valence-corrected chi connectivity index (χ4v) is 8.49. The monoisotopic (exact) mass is 1480 g/mol. The van der Waals surface area contributed by atoms with Crippen LogP contribution < -0.4 is 33.6 Å². The summed E-state index contributed by atoms with van der Waals surface area (Å²) in [7, 11) is 0. The second-order valence-corrected chi connectivity index (χ2v) is 21.7. The minimum absolute atomic E-state index is 0. The highest BCUT2D eigenvalue weighted by molar-refractivity contribution is 9.11. The molecule has 0 aliphatic carbocycles. The average Bonchev–Trinajstić information content (AvgIpc) is 4.12. The molecule has 2 aliphatic rings. The minimum Gasteiger partial charge on any atom is -0.457 e. The predicted octanol–water partition coefficient (Wildman–Crippen LogP) is 14.0. The summed E-state index contributed by atoms with van der Waals surface area (Å²) in [6.07, 6.45) is 2.56. The number of amidine groups is 1. The number of hydrogen-bond acceptors (Lipinski definition) is 10. The lowest BCUT2D eigenvalue weighted by Gasteiger charge is -2.11. The van der Waals surface area contributed by atoms with Gasteiger partial charge in [0, 0.05) is 68.7 Å². The Morgan fingerprint density at radius 2 is 1.09 bits per heavy atom. The van der Waals surface area contributed by atoms with Crippen LogP contribution in [0.4, 0.5) is 13.2 Å². The number of amides is 2. The number of nitrogens with two attached hydrogens (primary N) is 4. The van der Waals surface area contributed by atoms with E-state index < -0.39 is 17.5 Å². The number of carbonyl (C=O) groups is 3. The lowest BCUT2D eigenvalue weighted by atomic mass is 10.1. The molecular weight excluding hydrogens is 1440 g/mol. The van der Waals surface area contributed by atoms with Gasteiger partial charge in [-0.25, -0.2) is 18.0 Å². The SMILES string of the molecule is Br.C1CCOC1.ClCCl.N=C(N)SCc1cc(Br)ccc1C(=O)NCc1ccc(F)c(Cl)c1.NC(N)=S.NCc1ccc(F)c(Cl)c1.O=C(NCc1ccc(F)c(Cl)c1)c1ccc(Br)cc1CO.O=C1OCc2cc(Br)ccc21. The Bertz CT molecular complexity index is 2960. The number of benzene rings is 6. The average molecular weight is 1490 g/mol. The molecule has 2 amide bonds. The Balaban J connectivity index is 0.000000509. The van der Waals surface area contributed by atoms with Gasteiger partial charge in [0.1, 0.15) is 24.1 Å². The number of thiocarbonyl (C=S) groups is 1. The number of carbonyl (C=O) groups excluding carboxylic acids is 3. The molecular formula is C52H53Br4Cl5F3N7O6S2. The molecule has 8 rings (SSSR count). The van der Waals surface area contributed by atoms with Crippen molar-refractivity contribution in [2.24, 2.45) is 22.9 Å². The van der Waals surface area contributed by atoms with Crippen molar-refractivity contribution in [2.75, 3.05) is 18.6 Å². The van der Waals surface area contributed by atoms with E-state index in [4.69, 9.17) is 84.4 Å². The van der Waals surface area contributed by atoms with Gasteiger partial charge in [0.15, 0.2) is 10.3 Å². The molecule has 0 spiro atoms. The zero-order valence-electron chi connectivity index (χ0n) is 41.4. The third-order valence-corrected chi connectivity index (χ3v) is 12.9. The first-order valence-electron chi connectivity index (χ1n) is 22.5. The quantitative estimate of drug-likeness (QED) is 0.0210. The van der Waals surface area contributed by atoms with Crippen LogP contribution in [-0.4, -0.2) is 51.7 Å². The highest BCUT2D eigenvalue weighted by atomic mass is 79.9. The number of aliphatic hydroxyl groups is 1. The van der Waals surface area contributed by atoms with E-state index in [-0.39, 0.29) is 85.1 Å². The lowest BCUT2D eigenvalue weighted by Crippen LogP contribution is -2.24. The molecule has 1 saturated heterocycles. The zero-order chi connectivity index (χ0) is 58.3. The van der Waals surface area contributed by atoms with E-state index in [0.717, 1.165) is 55.1 Å². The second-order valence-electron chi connectivity index (χ2n) is 15.4. The van der Waals surface area contributed by atoms with E-state index in [1.54, 1.807) is 54.6 Å². The lowest BCUT2D eigenvalue weighted by molar-refractivity contribution is 0.0534. The molecule has 2 heterocycles. The Morgan fingerprint density at radius 1 is 0.684 bits per heavy atom. The van der Waals surface area contributed by atoms with Gasteiger partial charge in [-0.15, -0.1) is 40.2 Å². The van der Waals surface area contributed by atoms with Gasteiger partial charge in [-0.05, 0) is 144 Å². The largest absolute Gasteiger partial charge is 0.457 e. The maximum atomic E-state index is 13.1. The number of alkyl halides is 2. The number of halogens is 12. The van der Waals surface area contributed by atoms with Crippen LogP contribution in [0.3, 0.4) is 0 Å². The summed E-state index contributed by atoms with van der Waals surface area (Å²) in [6.45, 7) is 3.02. The van der Waals surface area contributed by atoms with Crippen molar-refractivity contribution in [3.8, 4) is 0 Å². The van der Waals surface area contributed by atoms with Gasteiger partial charge in [-0.1, -0.05) is 113 Å². The summed E-state index contributed by atoms with van der Waals surface area (Å²) in [6, 6.07) is 28.9. The van der Waals surface area contributed by atoms with Crippen LogP contribution in [0.2, 0.25) is 15.1 Å². The number of esters is 1. The van der Waals surface area contributed by atoms with Crippen molar-refractivity contribution >= 4 is 175 Å². The fourth-order valence-electron chi connectivity index (χ4n) is 6.11. The van der Waals surface area contributed by atoms with Crippen molar-refractivity contribution in [1.82, 2.24) is 10.6 Å². The molecule has 428 valence electrons. The Morgan fingerprint density at radius 3 is 1.49 bits per heavy atom. The molecule has 6 aromatic carbocycles. The summed E-state index contributed by atoms with van der Waals surface area (Å²) in [5.74, 6) is -1.77. The number of aliphatic hydroxyl groups excluding tert-OH is 1. The van der Waals surface area contributed by atoms with Crippen LogP contribution in [0, 0.1) is 22.9 Å². The number of ether oxygens (including phenoxy) is 2. The Kier molecular flexibility index (Phi) is 37.5. The summed E-state index contributed by atoms with van der Waals surface area (Å²) in [5.41, 5.74) is 26.0. The topological polar surface area (TPSA) is 242 Å². The highest BCUT2D eigenvalue weighted by Crippen LogP contribution is 2.25.